The molecule has 2 atom stereocenters. The predicted octanol–water partition coefficient (Wildman–Crippen LogP) is 2.70. The Balaban J connectivity index is 0.00000144. The third-order valence-corrected chi connectivity index (χ3v) is 5.09. The number of hydrogen-bond acceptors (Lipinski definition) is 3. The molecule has 1 aromatic carbocycles. The maximum absolute atomic E-state index is 12.5. The van der Waals surface area contributed by atoms with Crippen molar-refractivity contribution in [3.05, 3.63) is 35.9 Å². The minimum Gasteiger partial charge on any atom is -0.342 e. The van der Waals surface area contributed by atoms with Crippen molar-refractivity contribution in [2.45, 2.75) is 50.4 Å². The van der Waals surface area contributed by atoms with Gasteiger partial charge in [-0.15, -0.1) is 24.8 Å². The average molecular weight is 374 g/mol. The maximum Gasteiger partial charge on any atom is 0.236 e. The van der Waals surface area contributed by atoms with E-state index in [4.69, 9.17) is 0 Å². The summed E-state index contributed by atoms with van der Waals surface area (Å²) >= 11 is 0. The van der Waals surface area contributed by atoms with Gasteiger partial charge in [-0.1, -0.05) is 30.3 Å². The van der Waals surface area contributed by atoms with E-state index in [1.54, 1.807) is 0 Å². The fourth-order valence-corrected chi connectivity index (χ4v) is 3.84. The smallest absolute Gasteiger partial charge is 0.236 e. The number of piperidine rings is 1. The fourth-order valence-electron chi connectivity index (χ4n) is 3.84. The maximum atomic E-state index is 12.5. The molecule has 0 spiro atoms. The van der Waals surface area contributed by atoms with Gasteiger partial charge in [0.2, 0.25) is 5.91 Å². The number of carbonyl (C=O) groups excluding carboxylic acids is 1. The molecule has 2 saturated heterocycles. The Labute approximate surface area is 157 Å². The van der Waals surface area contributed by atoms with Gasteiger partial charge in [0, 0.05) is 31.7 Å². The zero-order chi connectivity index (χ0) is 15.5. The molecule has 2 heterocycles. The van der Waals surface area contributed by atoms with Crippen molar-refractivity contribution >= 4 is 30.7 Å². The Hall–Kier alpha value is -0.810. The lowest BCUT2D eigenvalue weighted by Gasteiger charge is -2.36. The number of hydrogen-bond donors (Lipinski definition) is 1. The minimum atomic E-state index is 0. The molecule has 0 saturated carbocycles. The lowest BCUT2D eigenvalue weighted by Crippen LogP contribution is -2.50. The van der Waals surface area contributed by atoms with E-state index in [0.29, 0.717) is 24.7 Å². The lowest BCUT2D eigenvalue weighted by atomic mass is 9.98. The van der Waals surface area contributed by atoms with Crippen LogP contribution in [0, 0.1) is 0 Å². The summed E-state index contributed by atoms with van der Waals surface area (Å²) in [5.74, 6) is 0.240. The third kappa shape index (κ3) is 5.35. The standard InChI is InChI=1S/C18H27N3O.2ClH/c1-20(12-14-6-4-3-5-7-14)13-18(22)21(2)17-10-15-8-9-16(11-17)19-15;;/h3-7,15-17,19H,8-13H2,1-2H3;2*1H. The quantitative estimate of drug-likeness (QED) is 0.861. The molecule has 24 heavy (non-hydrogen) atoms. The molecule has 1 aromatic rings. The number of nitrogens with one attached hydrogen (secondary N) is 1. The first kappa shape index (κ1) is 21.2. The Morgan fingerprint density at radius 3 is 2.25 bits per heavy atom. The van der Waals surface area contributed by atoms with E-state index in [1.807, 2.05) is 37.2 Å². The van der Waals surface area contributed by atoms with Crippen LogP contribution >= 0.6 is 24.8 Å². The lowest BCUT2D eigenvalue weighted by molar-refractivity contribution is -0.133. The molecule has 2 unspecified atom stereocenters. The zero-order valence-corrected chi connectivity index (χ0v) is 16.1. The molecular formula is C18H29Cl2N3O. The molecule has 4 nitrogen and oxygen atoms in total. The van der Waals surface area contributed by atoms with Gasteiger partial charge in [0.1, 0.15) is 0 Å². The molecule has 136 valence electrons. The molecular weight excluding hydrogens is 345 g/mol. The van der Waals surface area contributed by atoms with Gasteiger partial charge >= 0.3 is 0 Å². The monoisotopic (exact) mass is 373 g/mol. The topological polar surface area (TPSA) is 35.6 Å². The molecule has 1 N–H and O–H groups in total. The van der Waals surface area contributed by atoms with Gasteiger partial charge in [0.25, 0.3) is 0 Å². The first-order valence-corrected chi connectivity index (χ1v) is 8.36. The van der Waals surface area contributed by atoms with Gasteiger partial charge in [0.15, 0.2) is 0 Å². The second kappa shape index (κ2) is 9.62. The summed E-state index contributed by atoms with van der Waals surface area (Å²) in [4.78, 5) is 16.6. The highest BCUT2D eigenvalue weighted by Crippen LogP contribution is 2.29. The highest BCUT2D eigenvalue weighted by atomic mass is 35.5. The third-order valence-electron chi connectivity index (χ3n) is 5.09. The number of carbonyl (C=O) groups is 1. The summed E-state index contributed by atoms with van der Waals surface area (Å²) in [5.41, 5.74) is 1.25. The molecule has 2 aliphatic heterocycles. The highest BCUT2D eigenvalue weighted by Gasteiger charge is 2.36. The number of benzene rings is 1. The first-order chi connectivity index (χ1) is 10.6. The van der Waals surface area contributed by atoms with Crippen molar-refractivity contribution in [2.75, 3.05) is 20.6 Å². The Kier molecular flexibility index (Phi) is 8.51. The summed E-state index contributed by atoms with van der Waals surface area (Å²) in [6, 6.07) is 12.0. The second-order valence-corrected chi connectivity index (χ2v) is 6.93. The first-order valence-electron chi connectivity index (χ1n) is 8.36. The van der Waals surface area contributed by atoms with Crippen molar-refractivity contribution < 1.29 is 4.79 Å². The van der Waals surface area contributed by atoms with Gasteiger partial charge < -0.3 is 10.2 Å². The van der Waals surface area contributed by atoms with Crippen LogP contribution in [0.1, 0.15) is 31.2 Å². The Morgan fingerprint density at radius 1 is 1.08 bits per heavy atom. The number of nitrogens with zero attached hydrogens (tertiary/aromatic N) is 2. The molecule has 0 aromatic heterocycles. The van der Waals surface area contributed by atoms with Crippen molar-refractivity contribution in [2.24, 2.45) is 0 Å². The molecule has 1 amide bonds. The van der Waals surface area contributed by atoms with Gasteiger partial charge in [-0.25, -0.2) is 0 Å². The summed E-state index contributed by atoms with van der Waals surface area (Å²) in [7, 11) is 4.00. The molecule has 2 fully saturated rings. The van der Waals surface area contributed by atoms with Crippen LogP contribution in [-0.4, -0.2) is 54.5 Å². The van der Waals surface area contributed by atoms with E-state index in [2.05, 4.69) is 22.3 Å². The zero-order valence-electron chi connectivity index (χ0n) is 14.5. The van der Waals surface area contributed by atoms with Gasteiger partial charge in [0.05, 0.1) is 6.54 Å². The summed E-state index contributed by atoms with van der Waals surface area (Å²) in [6.45, 7) is 1.31. The second-order valence-electron chi connectivity index (χ2n) is 6.93. The van der Waals surface area contributed by atoms with Crippen molar-refractivity contribution in [1.29, 1.82) is 0 Å². The number of amides is 1. The number of rotatable bonds is 5. The van der Waals surface area contributed by atoms with Gasteiger partial charge in [-0.2, -0.15) is 0 Å². The van der Waals surface area contributed by atoms with Crippen molar-refractivity contribution in [3.8, 4) is 0 Å². The molecule has 3 rings (SSSR count). The van der Waals surface area contributed by atoms with Crippen LogP contribution < -0.4 is 5.32 Å². The average Bonchev–Trinajstić information content (AvgIpc) is 2.85. The predicted molar refractivity (Wildman–Crippen MR) is 103 cm³/mol. The number of fused-ring (bicyclic) bond motifs is 2. The minimum absolute atomic E-state index is 0. The van der Waals surface area contributed by atoms with Crippen LogP contribution in [-0.2, 0) is 11.3 Å². The SMILES string of the molecule is CN(CC(=O)N(C)C1CC2CCC(C1)N2)Cc1ccccc1.Cl.Cl. The van der Waals surface area contributed by atoms with Crippen LogP contribution in [0.2, 0.25) is 0 Å². The van der Waals surface area contributed by atoms with E-state index in [1.165, 1.54) is 18.4 Å². The van der Waals surface area contributed by atoms with Crippen molar-refractivity contribution in [3.63, 3.8) is 0 Å². The molecule has 0 aliphatic carbocycles. The molecule has 0 radical (unpaired) electrons. The van der Waals surface area contributed by atoms with Crippen LogP contribution in [0.3, 0.4) is 0 Å². The van der Waals surface area contributed by atoms with Crippen LogP contribution in [0.5, 0.6) is 0 Å². The molecule has 2 aliphatic rings. The number of likely N-dealkylation sites (N-methyl/N-ethyl adjacent to an activating group) is 2. The Morgan fingerprint density at radius 2 is 1.67 bits per heavy atom. The Bertz CT molecular complexity index is 502. The van der Waals surface area contributed by atoms with Crippen molar-refractivity contribution in [1.82, 2.24) is 15.1 Å². The summed E-state index contributed by atoms with van der Waals surface area (Å²) < 4.78 is 0. The molecule has 6 heteroatoms. The van der Waals surface area contributed by atoms with E-state index < -0.39 is 0 Å². The fraction of sp³-hybridized carbons (Fsp3) is 0.611. The largest absolute Gasteiger partial charge is 0.342 e. The van der Waals surface area contributed by atoms with Crippen LogP contribution in [0.25, 0.3) is 0 Å². The van der Waals surface area contributed by atoms with Gasteiger partial charge in [-0.3, -0.25) is 9.69 Å². The van der Waals surface area contributed by atoms with Gasteiger partial charge in [-0.05, 0) is 38.3 Å². The number of halogens is 2. The highest BCUT2D eigenvalue weighted by molar-refractivity contribution is 5.85. The van der Waals surface area contributed by atoms with Crippen LogP contribution in [0.4, 0.5) is 0 Å². The normalized spacial score (nSPS) is 24.9. The van der Waals surface area contributed by atoms with E-state index in [-0.39, 0.29) is 30.7 Å². The van der Waals surface area contributed by atoms with Crippen LogP contribution in [0.15, 0.2) is 30.3 Å². The summed E-state index contributed by atoms with van der Waals surface area (Å²) in [5, 5.41) is 3.64. The summed E-state index contributed by atoms with van der Waals surface area (Å²) in [6.07, 6.45) is 4.77. The van der Waals surface area contributed by atoms with E-state index in [0.717, 1.165) is 19.4 Å². The van der Waals surface area contributed by atoms with E-state index in [9.17, 15) is 4.79 Å². The van der Waals surface area contributed by atoms with E-state index >= 15 is 0 Å². The molecule has 2 bridgehead atoms.